The van der Waals surface area contributed by atoms with Crippen LogP contribution in [0.1, 0.15) is 41.7 Å². The van der Waals surface area contributed by atoms with Crippen LogP contribution in [0.3, 0.4) is 0 Å². The van der Waals surface area contributed by atoms with E-state index in [0.717, 1.165) is 15.0 Å². The van der Waals surface area contributed by atoms with E-state index in [-0.39, 0.29) is 23.6 Å². The number of nitrogens with zero attached hydrogens (tertiary/aromatic N) is 2. The van der Waals surface area contributed by atoms with Gasteiger partial charge in [0.05, 0.1) is 23.0 Å². The van der Waals surface area contributed by atoms with Crippen molar-refractivity contribution in [3.8, 4) is 0 Å². The number of para-hydroxylation sites is 1. The third kappa shape index (κ3) is 6.05. The molecule has 4 rings (SSSR count). The molecule has 1 aliphatic rings. The van der Waals surface area contributed by atoms with Crippen molar-refractivity contribution in [2.75, 3.05) is 16.4 Å². The number of carbonyl (C=O) groups excluding carboxylic acids is 2. The van der Waals surface area contributed by atoms with Crippen molar-refractivity contribution >= 4 is 45.7 Å². The van der Waals surface area contributed by atoms with Gasteiger partial charge in [-0.05, 0) is 37.5 Å². The zero-order valence-corrected chi connectivity index (χ0v) is 18.6. The summed E-state index contributed by atoms with van der Waals surface area (Å²) in [7, 11) is 0. The number of carbonyl (C=O) groups is 2. The van der Waals surface area contributed by atoms with Gasteiger partial charge in [-0.2, -0.15) is 0 Å². The number of amides is 2. The molecule has 1 aliphatic carbocycles. The first kappa shape index (κ1) is 21.3. The second-order valence-corrected chi connectivity index (χ2v) is 9.48. The summed E-state index contributed by atoms with van der Waals surface area (Å²) in [6, 6.07) is 17.1. The van der Waals surface area contributed by atoms with E-state index in [1.54, 1.807) is 24.3 Å². The molecule has 0 bridgehead atoms. The smallest absolute Gasteiger partial charge is 0.253 e. The maximum Gasteiger partial charge on any atom is 0.253 e. The summed E-state index contributed by atoms with van der Waals surface area (Å²) >= 11 is 2.78. The van der Waals surface area contributed by atoms with Crippen LogP contribution in [0.25, 0.3) is 0 Å². The van der Waals surface area contributed by atoms with Crippen molar-refractivity contribution in [1.29, 1.82) is 0 Å². The van der Waals surface area contributed by atoms with E-state index in [1.165, 1.54) is 35.9 Å². The quantitative estimate of drug-likeness (QED) is 0.417. The minimum atomic E-state index is -0.236. The van der Waals surface area contributed by atoms with E-state index in [4.69, 9.17) is 0 Å². The lowest BCUT2D eigenvalue weighted by Gasteiger charge is -2.16. The average molecular weight is 454 g/mol. The van der Waals surface area contributed by atoms with Gasteiger partial charge in [0.15, 0.2) is 4.34 Å². The van der Waals surface area contributed by atoms with E-state index >= 15 is 0 Å². The van der Waals surface area contributed by atoms with Gasteiger partial charge in [0.25, 0.3) is 5.91 Å². The Morgan fingerprint density at radius 1 is 1.10 bits per heavy atom. The lowest BCUT2D eigenvalue weighted by Crippen LogP contribution is -2.28. The Kier molecular flexibility index (Phi) is 6.83. The molecule has 1 unspecified atom stereocenters. The van der Waals surface area contributed by atoms with E-state index in [1.807, 2.05) is 37.3 Å². The van der Waals surface area contributed by atoms with Gasteiger partial charge in [0.2, 0.25) is 11.0 Å². The van der Waals surface area contributed by atoms with Gasteiger partial charge in [-0.1, -0.05) is 65.6 Å². The highest BCUT2D eigenvalue weighted by Gasteiger charge is 2.22. The van der Waals surface area contributed by atoms with Gasteiger partial charge in [-0.25, -0.2) is 0 Å². The van der Waals surface area contributed by atoms with E-state index in [2.05, 4.69) is 26.1 Å². The van der Waals surface area contributed by atoms with Gasteiger partial charge in [-0.3, -0.25) is 9.59 Å². The fourth-order valence-corrected chi connectivity index (χ4v) is 4.56. The van der Waals surface area contributed by atoms with E-state index in [0.29, 0.717) is 17.3 Å². The number of benzene rings is 2. The molecule has 31 heavy (non-hydrogen) atoms. The predicted octanol–water partition coefficient (Wildman–Crippen LogP) is 4.33. The molecular weight excluding hydrogens is 430 g/mol. The summed E-state index contributed by atoms with van der Waals surface area (Å²) < 4.78 is 0.737. The Hall–Kier alpha value is -2.91. The van der Waals surface area contributed by atoms with Crippen LogP contribution in [0.2, 0.25) is 0 Å². The Morgan fingerprint density at radius 3 is 2.61 bits per heavy atom. The third-order valence-corrected chi connectivity index (χ3v) is 6.72. The molecule has 9 heteroatoms. The van der Waals surface area contributed by atoms with Crippen molar-refractivity contribution in [1.82, 2.24) is 15.5 Å². The fourth-order valence-electron chi connectivity index (χ4n) is 2.93. The zero-order valence-electron chi connectivity index (χ0n) is 17.0. The maximum atomic E-state index is 12.8. The van der Waals surface area contributed by atoms with Crippen LogP contribution in [-0.2, 0) is 4.79 Å². The molecule has 1 fully saturated rings. The molecule has 1 saturated carbocycles. The highest BCUT2D eigenvalue weighted by Crippen LogP contribution is 2.30. The molecule has 3 N–H and O–H groups in total. The van der Waals surface area contributed by atoms with Gasteiger partial charge >= 0.3 is 0 Å². The molecule has 7 nitrogen and oxygen atoms in total. The summed E-state index contributed by atoms with van der Waals surface area (Å²) in [5.74, 6) is -0.248. The first-order valence-electron chi connectivity index (χ1n) is 10.1. The van der Waals surface area contributed by atoms with Gasteiger partial charge < -0.3 is 16.0 Å². The lowest BCUT2D eigenvalue weighted by atomic mass is 10.1. The summed E-state index contributed by atoms with van der Waals surface area (Å²) in [5, 5.41) is 18.1. The minimum absolute atomic E-state index is 0.149. The zero-order chi connectivity index (χ0) is 21.6. The molecule has 1 heterocycles. The van der Waals surface area contributed by atoms with Gasteiger partial charge in [0.1, 0.15) is 0 Å². The Bertz CT molecular complexity index is 1050. The number of hydrogen-bond acceptors (Lipinski definition) is 7. The first-order chi connectivity index (χ1) is 15.1. The highest BCUT2D eigenvalue weighted by atomic mass is 32.2. The summed E-state index contributed by atoms with van der Waals surface area (Å²) in [6.45, 7) is 1.93. The molecule has 160 valence electrons. The van der Waals surface area contributed by atoms with Crippen molar-refractivity contribution < 1.29 is 9.59 Å². The van der Waals surface area contributed by atoms with Crippen LogP contribution in [-0.4, -0.2) is 33.8 Å². The SMILES string of the molecule is CC(NC(=O)c1ccccc1NC(=O)CSc1nnc(NC2CC2)s1)c1ccccc1. The second kappa shape index (κ2) is 9.93. The number of hydrogen-bond donors (Lipinski definition) is 3. The number of rotatable bonds is 9. The van der Waals surface area contributed by atoms with E-state index < -0.39 is 0 Å². The Balaban J connectivity index is 1.33. The first-order valence-corrected chi connectivity index (χ1v) is 11.9. The molecule has 2 amide bonds. The van der Waals surface area contributed by atoms with Crippen LogP contribution < -0.4 is 16.0 Å². The van der Waals surface area contributed by atoms with E-state index in [9.17, 15) is 9.59 Å². The molecular formula is C22H23N5O2S2. The molecule has 0 spiro atoms. The molecule has 0 aliphatic heterocycles. The molecule has 3 aromatic rings. The van der Waals surface area contributed by atoms with Crippen molar-refractivity contribution in [2.45, 2.75) is 36.2 Å². The number of nitrogens with one attached hydrogen (secondary N) is 3. The summed E-state index contributed by atoms with van der Waals surface area (Å²) in [5.41, 5.74) is 1.93. The number of aromatic nitrogens is 2. The van der Waals surface area contributed by atoms with Gasteiger partial charge in [-0.15, -0.1) is 10.2 Å². The Morgan fingerprint density at radius 2 is 1.84 bits per heavy atom. The van der Waals surface area contributed by atoms with Gasteiger partial charge in [0, 0.05) is 6.04 Å². The third-order valence-electron chi connectivity index (χ3n) is 4.73. The minimum Gasteiger partial charge on any atom is -0.357 e. The molecule has 0 radical (unpaired) electrons. The lowest BCUT2D eigenvalue weighted by molar-refractivity contribution is -0.113. The fraction of sp³-hybridized carbons (Fsp3) is 0.273. The van der Waals surface area contributed by atoms with Crippen molar-refractivity contribution in [3.05, 3.63) is 65.7 Å². The topological polar surface area (TPSA) is 96.0 Å². The van der Waals surface area contributed by atoms with Crippen LogP contribution in [0.15, 0.2) is 58.9 Å². The predicted molar refractivity (Wildman–Crippen MR) is 125 cm³/mol. The van der Waals surface area contributed by atoms with Crippen LogP contribution in [0, 0.1) is 0 Å². The second-order valence-electron chi connectivity index (χ2n) is 7.28. The van der Waals surface area contributed by atoms with Crippen LogP contribution in [0.4, 0.5) is 10.8 Å². The Labute approximate surface area is 189 Å². The van der Waals surface area contributed by atoms with Crippen LogP contribution in [0.5, 0.6) is 0 Å². The normalized spacial score (nSPS) is 14.0. The molecule has 1 atom stereocenters. The number of anilines is 2. The largest absolute Gasteiger partial charge is 0.357 e. The molecule has 2 aromatic carbocycles. The van der Waals surface area contributed by atoms with Crippen molar-refractivity contribution in [2.24, 2.45) is 0 Å². The van der Waals surface area contributed by atoms with Crippen molar-refractivity contribution in [3.63, 3.8) is 0 Å². The monoisotopic (exact) mass is 453 g/mol. The molecule has 0 saturated heterocycles. The summed E-state index contributed by atoms with van der Waals surface area (Å²) in [6.07, 6.45) is 2.34. The molecule has 1 aromatic heterocycles. The summed E-state index contributed by atoms with van der Waals surface area (Å²) in [4.78, 5) is 25.3. The number of thioether (sulfide) groups is 1. The standard InChI is InChI=1S/C22H23N5O2S2/c1-14(15-7-3-2-4-8-15)23-20(29)17-9-5-6-10-18(17)25-19(28)13-30-22-27-26-21(31-22)24-16-11-12-16/h2-10,14,16H,11-13H2,1H3,(H,23,29)(H,24,26)(H,25,28). The average Bonchev–Trinajstić information content (AvgIpc) is 3.48. The van der Waals surface area contributed by atoms with Crippen LogP contribution >= 0.6 is 23.1 Å². The highest BCUT2D eigenvalue weighted by molar-refractivity contribution is 8.01. The maximum absolute atomic E-state index is 12.8.